The molecule has 0 saturated carbocycles. The van der Waals surface area contributed by atoms with Crippen molar-refractivity contribution in [1.82, 2.24) is 9.71 Å². The SMILES string of the molecule is Cc1ccc(S(=O)(=O)NCCCN)c2cccnc12.Cl. The lowest BCUT2D eigenvalue weighted by Gasteiger charge is -2.10. The van der Waals surface area contributed by atoms with Gasteiger partial charge in [-0.15, -0.1) is 12.4 Å². The maximum atomic E-state index is 12.3. The lowest BCUT2D eigenvalue weighted by molar-refractivity contribution is 0.580. The first kappa shape index (κ1) is 16.8. The summed E-state index contributed by atoms with van der Waals surface area (Å²) in [6, 6.07) is 6.89. The standard InChI is InChI=1S/C13H17N3O2S.ClH/c1-10-5-6-12(11-4-2-8-15-13(10)11)19(17,18)16-9-3-7-14;/h2,4-6,8,16H,3,7,9,14H2,1H3;1H. The summed E-state index contributed by atoms with van der Waals surface area (Å²) in [6.45, 7) is 2.71. The van der Waals surface area contributed by atoms with E-state index in [-0.39, 0.29) is 17.3 Å². The number of nitrogens with zero attached hydrogens (tertiary/aromatic N) is 1. The highest BCUT2D eigenvalue weighted by Gasteiger charge is 2.17. The molecule has 0 saturated heterocycles. The second kappa shape index (κ2) is 6.99. The number of nitrogens with one attached hydrogen (secondary N) is 1. The zero-order valence-electron chi connectivity index (χ0n) is 11.2. The maximum Gasteiger partial charge on any atom is 0.241 e. The molecule has 7 heteroatoms. The molecular weight excluding hydrogens is 298 g/mol. The highest BCUT2D eigenvalue weighted by Crippen LogP contribution is 2.23. The van der Waals surface area contributed by atoms with Crippen LogP contribution < -0.4 is 10.5 Å². The first-order chi connectivity index (χ1) is 9.06. The second-order valence-corrected chi connectivity index (χ2v) is 6.06. The molecule has 5 nitrogen and oxygen atoms in total. The molecule has 0 aliphatic rings. The summed E-state index contributed by atoms with van der Waals surface area (Å²) >= 11 is 0. The molecule has 2 aromatic rings. The highest BCUT2D eigenvalue weighted by molar-refractivity contribution is 7.89. The number of hydrogen-bond donors (Lipinski definition) is 2. The van der Waals surface area contributed by atoms with Crippen molar-refractivity contribution in [3.8, 4) is 0 Å². The van der Waals surface area contributed by atoms with Gasteiger partial charge in [0.2, 0.25) is 10.0 Å². The van der Waals surface area contributed by atoms with E-state index in [2.05, 4.69) is 9.71 Å². The topological polar surface area (TPSA) is 85.1 Å². The summed E-state index contributed by atoms with van der Waals surface area (Å²) in [5, 5.41) is 0.641. The molecule has 0 unspecified atom stereocenters. The Morgan fingerprint density at radius 1 is 1.30 bits per heavy atom. The number of pyridine rings is 1. The Morgan fingerprint density at radius 3 is 2.75 bits per heavy atom. The number of rotatable bonds is 5. The third kappa shape index (κ3) is 3.46. The zero-order chi connectivity index (χ0) is 13.9. The van der Waals surface area contributed by atoms with Gasteiger partial charge in [0.15, 0.2) is 0 Å². The molecule has 1 aromatic carbocycles. The third-order valence-corrected chi connectivity index (χ3v) is 4.41. The predicted molar refractivity (Wildman–Crippen MR) is 82.6 cm³/mol. The van der Waals surface area contributed by atoms with Gasteiger partial charge < -0.3 is 5.73 Å². The number of benzene rings is 1. The summed E-state index contributed by atoms with van der Waals surface area (Å²) in [5.41, 5.74) is 7.03. The summed E-state index contributed by atoms with van der Waals surface area (Å²) in [5.74, 6) is 0. The maximum absolute atomic E-state index is 12.3. The molecule has 0 aliphatic carbocycles. The molecule has 1 aromatic heterocycles. The van der Waals surface area contributed by atoms with Gasteiger partial charge in [-0.2, -0.15) is 0 Å². The molecule has 0 spiro atoms. The van der Waals surface area contributed by atoms with E-state index in [0.717, 1.165) is 5.56 Å². The number of halogens is 1. The lowest BCUT2D eigenvalue weighted by atomic mass is 10.1. The van der Waals surface area contributed by atoms with Crippen LogP contribution >= 0.6 is 12.4 Å². The Morgan fingerprint density at radius 2 is 2.05 bits per heavy atom. The van der Waals surface area contributed by atoms with Crippen molar-refractivity contribution in [2.24, 2.45) is 5.73 Å². The van der Waals surface area contributed by atoms with Crippen LogP contribution in [0.15, 0.2) is 35.4 Å². The van der Waals surface area contributed by atoms with E-state index < -0.39 is 10.0 Å². The van der Waals surface area contributed by atoms with Gasteiger partial charge in [-0.1, -0.05) is 6.07 Å². The van der Waals surface area contributed by atoms with Crippen LogP contribution in [0.2, 0.25) is 0 Å². The van der Waals surface area contributed by atoms with Gasteiger partial charge in [-0.25, -0.2) is 13.1 Å². The molecule has 0 radical (unpaired) electrons. The van der Waals surface area contributed by atoms with Gasteiger partial charge in [0, 0.05) is 18.1 Å². The first-order valence-electron chi connectivity index (χ1n) is 6.10. The molecule has 0 bridgehead atoms. The summed E-state index contributed by atoms with van der Waals surface area (Å²) in [4.78, 5) is 4.50. The normalized spacial score (nSPS) is 11.3. The molecule has 20 heavy (non-hydrogen) atoms. The van der Waals surface area contributed by atoms with Gasteiger partial charge in [0.1, 0.15) is 0 Å². The number of sulfonamides is 1. The minimum atomic E-state index is -3.52. The molecule has 0 fully saturated rings. The van der Waals surface area contributed by atoms with E-state index in [1.165, 1.54) is 0 Å². The number of nitrogens with two attached hydrogens (primary N) is 1. The van der Waals surface area contributed by atoms with Crippen molar-refractivity contribution in [2.45, 2.75) is 18.2 Å². The van der Waals surface area contributed by atoms with Crippen LogP contribution in [-0.2, 0) is 10.0 Å². The van der Waals surface area contributed by atoms with Gasteiger partial charge in [0.05, 0.1) is 10.4 Å². The zero-order valence-corrected chi connectivity index (χ0v) is 12.8. The summed E-state index contributed by atoms with van der Waals surface area (Å²) in [7, 11) is -3.52. The molecule has 3 N–H and O–H groups in total. The Kier molecular flexibility index (Phi) is 5.88. The van der Waals surface area contributed by atoms with Crippen molar-refractivity contribution >= 4 is 33.3 Å². The van der Waals surface area contributed by atoms with Crippen molar-refractivity contribution in [3.05, 3.63) is 36.0 Å². The Labute approximate surface area is 125 Å². The second-order valence-electron chi connectivity index (χ2n) is 4.32. The van der Waals surface area contributed by atoms with Gasteiger partial charge in [0.25, 0.3) is 0 Å². The van der Waals surface area contributed by atoms with E-state index in [1.807, 2.05) is 6.92 Å². The van der Waals surface area contributed by atoms with Gasteiger partial charge >= 0.3 is 0 Å². The molecular formula is C13H18ClN3O2S. The quantitative estimate of drug-likeness (QED) is 0.821. The fourth-order valence-electron chi connectivity index (χ4n) is 1.91. The van der Waals surface area contributed by atoms with Crippen molar-refractivity contribution < 1.29 is 8.42 Å². The van der Waals surface area contributed by atoms with E-state index in [1.54, 1.807) is 30.5 Å². The van der Waals surface area contributed by atoms with E-state index in [0.29, 0.717) is 30.4 Å². The van der Waals surface area contributed by atoms with Crippen LogP contribution in [0.5, 0.6) is 0 Å². The van der Waals surface area contributed by atoms with Crippen LogP contribution in [0.3, 0.4) is 0 Å². The minimum Gasteiger partial charge on any atom is -0.330 e. The van der Waals surface area contributed by atoms with Gasteiger partial charge in [-0.3, -0.25) is 4.98 Å². The summed E-state index contributed by atoms with van der Waals surface area (Å²) < 4.78 is 27.1. The molecule has 110 valence electrons. The first-order valence-corrected chi connectivity index (χ1v) is 7.58. The van der Waals surface area contributed by atoms with Crippen molar-refractivity contribution in [1.29, 1.82) is 0 Å². The van der Waals surface area contributed by atoms with Gasteiger partial charge in [-0.05, 0) is 43.7 Å². The fraction of sp³-hybridized carbons (Fsp3) is 0.308. The van der Waals surface area contributed by atoms with Crippen LogP contribution in [-0.4, -0.2) is 26.5 Å². The number of aromatic nitrogens is 1. The average molecular weight is 316 g/mol. The fourth-order valence-corrected chi connectivity index (χ4v) is 3.18. The predicted octanol–water partition coefficient (Wildman–Crippen LogP) is 1.59. The van der Waals surface area contributed by atoms with Crippen LogP contribution in [0, 0.1) is 6.92 Å². The number of fused-ring (bicyclic) bond motifs is 1. The van der Waals surface area contributed by atoms with E-state index >= 15 is 0 Å². The molecule has 1 heterocycles. The Hall–Kier alpha value is -1.21. The highest BCUT2D eigenvalue weighted by atomic mass is 35.5. The molecule has 2 rings (SSSR count). The van der Waals surface area contributed by atoms with E-state index in [9.17, 15) is 8.42 Å². The third-order valence-electron chi connectivity index (χ3n) is 2.89. The lowest BCUT2D eigenvalue weighted by Crippen LogP contribution is -2.26. The number of hydrogen-bond acceptors (Lipinski definition) is 4. The van der Waals surface area contributed by atoms with Crippen LogP contribution in [0.1, 0.15) is 12.0 Å². The largest absolute Gasteiger partial charge is 0.330 e. The molecule has 0 aliphatic heterocycles. The molecule has 0 amide bonds. The Bertz CT molecular complexity index is 689. The van der Waals surface area contributed by atoms with Crippen molar-refractivity contribution in [2.75, 3.05) is 13.1 Å². The monoisotopic (exact) mass is 315 g/mol. The van der Waals surface area contributed by atoms with E-state index in [4.69, 9.17) is 5.73 Å². The average Bonchev–Trinajstić information content (AvgIpc) is 2.39. The minimum absolute atomic E-state index is 0. The van der Waals surface area contributed by atoms with Crippen LogP contribution in [0.4, 0.5) is 0 Å². The molecule has 0 atom stereocenters. The van der Waals surface area contributed by atoms with Crippen molar-refractivity contribution in [3.63, 3.8) is 0 Å². The number of aryl methyl sites for hydroxylation is 1. The summed E-state index contributed by atoms with van der Waals surface area (Å²) in [6.07, 6.45) is 2.27. The smallest absolute Gasteiger partial charge is 0.241 e. The Balaban J connectivity index is 0.00000200. The van der Waals surface area contributed by atoms with Crippen LogP contribution in [0.25, 0.3) is 10.9 Å².